The van der Waals surface area contributed by atoms with Gasteiger partial charge in [-0.3, -0.25) is 0 Å². The van der Waals surface area contributed by atoms with Crippen molar-refractivity contribution in [2.24, 2.45) is 0 Å². The zero-order valence-corrected chi connectivity index (χ0v) is 10.7. The highest BCUT2D eigenvalue weighted by atomic mass is 35.5. The second-order valence-electron chi connectivity index (χ2n) is 3.36. The first-order valence-corrected chi connectivity index (χ1v) is 5.94. The predicted molar refractivity (Wildman–Crippen MR) is 64.5 cm³/mol. The van der Waals surface area contributed by atoms with Gasteiger partial charge in [-0.1, -0.05) is 11.6 Å². The Morgan fingerprint density at radius 3 is 2.53 bits per heavy atom. The summed E-state index contributed by atoms with van der Waals surface area (Å²) >= 11 is 7.32. The largest absolute Gasteiger partial charge is 0.328 e. The highest BCUT2D eigenvalue weighted by Gasteiger charge is 2.13. The third-order valence-electron chi connectivity index (χ3n) is 2.15. The van der Waals surface area contributed by atoms with E-state index in [1.807, 2.05) is 19.1 Å². The number of halogens is 1. The molecule has 0 radical (unpaired) electrons. The van der Waals surface area contributed by atoms with E-state index in [-0.39, 0.29) is 6.03 Å². The molecule has 0 aliphatic heterocycles. The number of amides is 2. The maximum atomic E-state index is 11.7. The molecular formula is C10H15ClN2OS. The lowest BCUT2D eigenvalue weighted by Gasteiger charge is -2.23. The number of carbonyl (C=O) groups excluding carboxylic acids is 1. The zero-order chi connectivity index (χ0) is 11.4. The van der Waals surface area contributed by atoms with Crippen molar-refractivity contribution in [1.82, 2.24) is 9.80 Å². The fraction of sp³-hybridized carbons (Fsp3) is 0.500. The molecule has 3 nitrogen and oxygen atoms in total. The van der Waals surface area contributed by atoms with Gasteiger partial charge in [-0.25, -0.2) is 4.79 Å². The maximum Gasteiger partial charge on any atom is 0.319 e. The van der Waals surface area contributed by atoms with E-state index in [1.165, 1.54) is 11.3 Å². The van der Waals surface area contributed by atoms with Gasteiger partial charge in [0.05, 0.1) is 10.9 Å². The molecular weight excluding hydrogens is 232 g/mol. The molecule has 0 aliphatic rings. The summed E-state index contributed by atoms with van der Waals surface area (Å²) in [6, 6.07) is 3.83. The standard InChI is InChI=1S/C10H15ClN2OS/c1-4-12(2)10(14)13(3)7-8-5-6-9(11)15-8/h5-6H,4,7H2,1-3H3. The van der Waals surface area contributed by atoms with Crippen LogP contribution in [-0.2, 0) is 6.54 Å². The Labute approximate surface area is 99.2 Å². The summed E-state index contributed by atoms with van der Waals surface area (Å²) in [5, 5.41) is 0. The molecule has 1 heterocycles. The number of carbonyl (C=O) groups is 1. The molecule has 0 unspecified atom stereocenters. The van der Waals surface area contributed by atoms with Crippen molar-refractivity contribution >= 4 is 29.0 Å². The van der Waals surface area contributed by atoms with Gasteiger partial charge in [-0.15, -0.1) is 11.3 Å². The number of hydrogen-bond acceptors (Lipinski definition) is 2. The molecule has 0 fully saturated rings. The second kappa shape index (κ2) is 5.37. The van der Waals surface area contributed by atoms with Crippen molar-refractivity contribution in [2.45, 2.75) is 13.5 Å². The Kier molecular flexibility index (Phi) is 4.42. The van der Waals surface area contributed by atoms with Crippen molar-refractivity contribution in [3.05, 3.63) is 21.3 Å². The number of rotatable bonds is 3. The lowest BCUT2D eigenvalue weighted by Crippen LogP contribution is -2.37. The first-order chi connectivity index (χ1) is 7.04. The van der Waals surface area contributed by atoms with E-state index >= 15 is 0 Å². The molecule has 0 spiro atoms. The monoisotopic (exact) mass is 246 g/mol. The van der Waals surface area contributed by atoms with E-state index in [2.05, 4.69) is 0 Å². The Hall–Kier alpha value is -0.740. The Morgan fingerprint density at radius 2 is 2.07 bits per heavy atom. The molecule has 2 amide bonds. The maximum absolute atomic E-state index is 11.7. The molecule has 1 aromatic rings. The Morgan fingerprint density at radius 1 is 1.40 bits per heavy atom. The van der Waals surface area contributed by atoms with Crippen LogP contribution < -0.4 is 0 Å². The molecule has 0 aliphatic carbocycles. The number of urea groups is 1. The number of hydrogen-bond donors (Lipinski definition) is 0. The normalized spacial score (nSPS) is 10.1. The van der Waals surface area contributed by atoms with Gasteiger partial charge in [0, 0.05) is 25.5 Å². The first-order valence-electron chi connectivity index (χ1n) is 4.75. The SMILES string of the molecule is CCN(C)C(=O)N(C)Cc1ccc(Cl)s1. The van der Waals surface area contributed by atoms with Gasteiger partial charge < -0.3 is 9.80 Å². The average Bonchev–Trinajstić information content (AvgIpc) is 2.61. The molecule has 0 aromatic carbocycles. The third kappa shape index (κ3) is 3.39. The van der Waals surface area contributed by atoms with Crippen molar-refractivity contribution in [3.63, 3.8) is 0 Å². The molecule has 0 saturated heterocycles. The highest BCUT2D eigenvalue weighted by Crippen LogP contribution is 2.22. The smallest absolute Gasteiger partial charge is 0.319 e. The van der Waals surface area contributed by atoms with E-state index in [4.69, 9.17) is 11.6 Å². The lowest BCUT2D eigenvalue weighted by molar-refractivity contribution is 0.174. The topological polar surface area (TPSA) is 23.6 Å². The predicted octanol–water partition coefficient (Wildman–Crippen LogP) is 2.91. The lowest BCUT2D eigenvalue weighted by atomic mass is 10.4. The quantitative estimate of drug-likeness (QED) is 0.805. The van der Waals surface area contributed by atoms with Crippen molar-refractivity contribution in [2.75, 3.05) is 20.6 Å². The van der Waals surface area contributed by atoms with Crippen molar-refractivity contribution in [1.29, 1.82) is 0 Å². The van der Waals surface area contributed by atoms with Crippen LogP contribution in [0.3, 0.4) is 0 Å². The van der Waals surface area contributed by atoms with Gasteiger partial charge in [-0.2, -0.15) is 0 Å². The zero-order valence-electron chi connectivity index (χ0n) is 9.16. The van der Waals surface area contributed by atoms with Crippen molar-refractivity contribution in [3.8, 4) is 0 Å². The minimum Gasteiger partial charge on any atom is -0.328 e. The summed E-state index contributed by atoms with van der Waals surface area (Å²) in [5.74, 6) is 0. The van der Waals surface area contributed by atoms with E-state index in [1.54, 1.807) is 23.9 Å². The Balaban J connectivity index is 2.55. The van der Waals surface area contributed by atoms with Crippen molar-refractivity contribution < 1.29 is 4.79 Å². The van der Waals surface area contributed by atoms with E-state index in [9.17, 15) is 4.79 Å². The molecule has 0 saturated carbocycles. The minimum absolute atomic E-state index is 0.0297. The van der Waals surface area contributed by atoms with Crippen LogP contribution in [0, 0.1) is 0 Å². The van der Waals surface area contributed by atoms with Crippen LogP contribution >= 0.6 is 22.9 Å². The van der Waals surface area contributed by atoms with Crippen LogP contribution in [0.4, 0.5) is 4.79 Å². The number of nitrogens with zero attached hydrogens (tertiary/aromatic N) is 2. The summed E-state index contributed by atoms with van der Waals surface area (Å²) in [6.07, 6.45) is 0. The minimum atomic E-state index is 0.0297. The molecule has 0 atom stereocenters. The van der Waals surface area contributed by atoms with Gasteiger partial charge in [0.15, 0.2) is 0 Å². The van der Waals surface area contributed by atoms with Gasteiger partial charge in [0.1, 0.15) is 0 Å². The van der Waals surface area contributed by atoms with Crippen LogP contribution in [0.1, 0.15) is 11.8 Å². The molecule has 1 aromatic heterocycles. The van der Waals surface area contributed by atoms with Crippen LogP contribution in [0.5, 0.6) is 0 Å². The molecule has 1 rings (SSSR count). The van der Waals surface area contributed by atoms with Crippen LogP contribution in [-0.4, -0.2) is 36.5 Å². The van der Waals surface area contributed by atoms with Crippen LogP contribution in [0.25, 0.3) is 0 Å². The van der Waals surface area contributed by atoms with Crippen LogP contribution in [0.2, 0.25) is 4.34 Å². The van der Waals surface area contributed by atoms with E-state index in [0.717, 1.165) is 9.21 Å². The summed E-state index contributed by atoms with van der Waals surface area (Å²) in [4.78, 5) is 16.2. The van der Waals surface area contributed by atoms with Gasteiger partial charge in [0.25, 0.3) is 0 Å². The Bertz CT molecular complexity index is 340. The third-order valence-corrected chi connectivity index (χ3v) is 3.37. The fourth-order valence-electron chi connectivity index (χ4n) is 1.16. The summed E-state index contributed by atoms with van der Waals surface area (Å²) in [6.45, 7) is 3.28. The molecule has 84 valence electrons. The molecule has 15 heavy (non-hydrogen) atoms. The average molecular weight is 247 g/mol. The molecule has 5 heteroatoms. The van der Waals surface area contributed by atoms with Crippen LogP contribution in [0.15, 0.2) is 12.1 Å². The van der Waals surface area contributed by atoms with E-state index in [0.29, 0.717) is 13.1 Å². The van der Waals surface area contributed by atoms with Gasteiger partial charge in [-0.05, 0) is 19.1 Å². The first kappa shape index (κ1) is 12.3. The van der Waals surface area contributed by atoms with Gasteiger partial charge in [0.2, 0.25) is 0 Å². The number of thiophene rings is 1. The summed E-state index contributed by atoms with van der Waals surface area (Å²) < 4.78 is 0.759. The highest BCUT2D eigenvalue weighted by molar-refractivity contribution is 7.16. The molecule has 0 bridgehead atoms. The summed E-state index contributed by atoms with van der Waals surface area (Å²) in [7, 11) is 3.59. The fourth-order valence-corrected chi connectivity index (χ4v) is 2.31. The second-order valence-corrected chi connectivity index (χ2v) is 5.16. The molecule has 0 N–H and O–H groups in total. The van der Waals surface area contributed by atoms with Gasteiger partial charge >= 0.3 is 6.03 Å². The summed E-state index contributed by atoms with van der Waals surface area (Å²) in [5.41, 5.74) is 0. The van der Waals surface area contributed by atoms with E-state index < -0.39 is 0 Å².